The molecule has 5 nitrogen and oxygen atoms in total. The fourth-order valence-electron chi connectivity index (χ4n) is 3.21. The highest BCUT2D eigenvalue weighted by Crippen LogP contribution is 2.42. The van der Waals surface area contributed by atoms with Crippen LogP contribution in [0, 0.1) is 10.1 Å². The molecule has 1 N–H and O–H groups in total. The molecule has 0 bridgehead atoms. The van der Waals surface area contributed by atoms with E-state index in [2.05, 4.69) is 0 Å². The van der Waals surface area contributed by atoms with Gasteiger partial charge in [-0.25, -0.2) is 0 Å². The molecule has 2 atom stereocenters. The van der Waals surface area contributed by atoms with Gasteiger partial charge in [0.15, 0.2) is 0 Å². The van der Waals surface area contributed by atoms with Crippen LogP contribution in [0.15, 0.2) is 48.5 Å². The number of aliphatic hydroxyl groups is 1. The number of non-ortho nitro benzene ring substituents is 1. The third-order valence-electron chi connectivity index (χ3n) is 4.62. The van der Waals surface area contributed by atoms with Gasteiger partial charge in [-0.15, -0.1) is 0 Å². The fourth-order valence-corrected chi connectivity index (χ4v) is 3.21. The summed E-state index contributed by atoms with van der Waals surface area (Å²) in [5.41, 5.74) is 0.717. The second-order valence-corrected chi connectivity index (χ2v) is 5.82. The molecule has 0 aliphatic carbocycles. The van der Waals surface area contributed by atoms with Gasteiger partial charge >= 0.3 is 0 Å². The van der Waals surface area contributed by atoms with Gasteiger partial charge in [-0.1, -0.05) is 38.1 Å². The molecule has 2 rings (SSSR count). The topological polar surface area (TPSA) is 72.6 Å². The van der Waals surface area contributed by atoms with Crippen LogP contribution in [0.1, 0.15) is 43.7 Å². The normalized spacial score (nSPS) is 14.7. The maximum atomic E-state index is 11.4. The van der Waals surface area contributed by atoms with E-state index in [0.29, 0.717) is 12.8 Å². The first kappa shape index (κ1) is 17.9. The van der Waals surface area contributed by atoms with Crippen molar-refractivity contribution in [3.05, 3.63) is 69.8 Å². The Bertz CT molecular complexity index is 682. The van der Waals surface area contributed by atoms with Crippen molar-refractivity contribution in [3.8, 4) is 5.75 Å². The molecule has 0 aromatic heterocycles. The van der Waals surface area contributed by atoms with Gasteiger partial charge in [0, 0.05) is 18.1 Å². The summed E-state index contributed by atoms with van der Waals surface area (Å²) in [6.07, 6.45) is 1.25. The third-order valence-corrected chi connectivity index (χ3v) is 4.62. The zero-order chi connectivity index (χ0) is 17.7. The summed E-state index contributed by atoms with van der Waals surface area (Å²) >= 11 is 0. The number of nitro benzene ring substituents is 1. The predicted molar refractivity (Wildman–Crippen MR) is 93.3 cm³/mol. The number of nitrogens with zero attached hydrogens (tertiary/aromatic N) is 1. The standard InChI is InChI=1S/C19H23NO4/c1-4-18(14-6-10-16(11-7-14)20(22)23)19(21,5-2)15-8-12-17(24-3)13-9-15/h6-13,18,21H,4-5H2,1-3H3/t18-,19+/m0/s1. The van der Waals surface area contributed by atoms with E-state index in [0.717, 1.165) is 16.9 Å². The van der Waals surface area contributed by atoms with Gasteiger partial charge in [0.1, 0.15) is 5.75 Å². The zero-order valence-electron chi connectivity index (χ0n) is 14.2. The number of hydrogen-bond donors (Lipinski definition) is 1. The van der Waals surface area contributed by atoms with Crippen molar-refractivity contribution in [3.63, 3.8) is 0 Å². The predicted octanol–water partition coefficient (Wildman–Crippen LogP) is 4.39. The van der Waals surface area contributed by atoms with Crippen LogP contribution in [0.2, 0.25) is 0 Å². The molecule has 0 aliphatic rings. The Morgan fingerprint density at radius 2 is 1.71 bits per heavy atom. The molecule has 128 valence electrons. The molecule has 0 unspecified atom stereocenters. The van der Waals surface area contributed by atoms with Crippen molar-refractivity contribution in [1.29, 1.82) is 0 Å². The molecule has 5 heteroatoms. The minimum atomic E-state index is -1.04. The summed E-state index contributed by atoms with van der Waals surface area (Å²) in [5, 5.41) is 22.2. The van der Waals surface area contributed by atoms with Crippen LogP contribution in [-0.4, -0.2) is 17.1 Å². The summed E-state index contributed by atoms with van der Waals surface area (Å²) < 4.78 is 5.18. The van der Waals surface area contributed by atoms with Gasteiger partial charge in [0.2, 0.25) is 0 Å². The molecule has 0 amide bonds. The number of hydrogen-bond acceptors (Lipinski definition) is 4. The summed E-state index contributed by atoms with van der Waals surface area (Å²) in [7, 11) is 1.60. The largest absolute Gasteiger partial charge is 0.497 e. The molecular weight excluding hydrogens is 306 g/mol. The van der Waals surface area contributed by atoms with Crippen molar-refractivity contribution in [2.24, 2.45) is 0 Å². The van der Waals surface area contributed by atoms with E-state index < -0.39 is 10.5 Å². The Labute approximate surface area is 142 Å². The van der Waals surface area contributed by atoms with E-state index in [-0.39, 0.29) is 11.6 Å². The number of methoxy groups -OCH3 is 1. The summed E-state index contributed by atoms with van der Waals surface area (Å²) in [4.78, 5) is 10.4. The monoisotopic (exact) mass is 329 g/mol. The molecule has 24 heavy (non-hydrogen) atoms. The Balaban J connectivity index is 2.41. The van der Waals surface area contributed by atoms with Crippen molar-refractivity contribution >= 4 is 5.69 Å². The maximum Gasteiger partial charge on any atom is 0.269 e. The van der Waals surface area contributed by atoms with Gasteiger partial charge in [-0.05, 0) is 36.1 Å². The van der Waals surface area contributed by atoms with Crippen molar-refractivity contribution in [1.82, 2.24) is 0 Å². The molecule has 0 saturated carbocycles. The highest BCUT2D eigenvalue weighted by atomic mass is 16.6. The second kappa shape index (κ2) is 7.45. The molecule has 2 aromatic carbocycles. The molecule has 0 radical (unpaired) electrons. The zero-order valence-corrected chi connectivity index (χ0v) is 14.2. The molecule has 2 aromatic rings. The lowest BCUT2D eigenvalue weighted by Gasteiger charge is -2.36. The fraction of sp³-hybridized carbons (Fsp3) is 0.368. The first-order chi connectivity index (χ1) is 11.5. The highest BCUT2D eigenvalue weighted by molar-refractivity contribution is 5.38. The van der Waals surface area contributed by atoms with Crippen LogP contribution in [-0.2, 0) is 5.60 Å². The lowest BCUT2D eigenvalue weighted by atomic mass is 9.74. The van der Waals surface area contributed by atoms with Crippen molar-refractivity contribution in [2.75, 3.05) is 7.11 Å². The van der Waals surface area contributed by atoms with Crippen LogP contribution >= 0.6 is 0 Å². The first-order valence-electron chi connectivity index (χ1n) is 8.07. The molecule has 0 spiro atoms. The minimum absolute atomic E-state index is 0.0538. The van der Waals surface area contributed by atoms with Gasteiger partial charge in [0.25, 0.3) is 5.69 Å². The first-order valence-corrected chi connectivity index (χ1v) is 8.07. The van der Waals surface area contributed by atoms with E-state index in [1.54, 1.807) is 19.2 Å². The molecule has 0 fully saturated rings. The van der Waals surface area contributed by atoms with Crippen LogP contribution in [0.3, 0.4) is 0 Å². The summed E-state index contributed by atoms with van der Waals surface area (Å²) in [5.74, 6) is 0.581. The van der Waals surface area contributed by atoms with Gasteiger partial charge in [0.05, 0.1) is 17.6 Å². The molecule has 0 aliphatic heterocycles. The quantitative estimate of drug-likeness (QED) is 0.604. The summed E-state index contributed by atoms with van der Waals surface area (Å²) in [6.45, 7) is 3.95. The van der Waals surface area contributed by atoms with Crippen LogP contribution < -0.4 is 4.74 Å². The van der Waals surface area contributed by atoms with Crippen LogP contribution in [0.4, 0.5) is 5.69 Å². The number of ether oxygens (including phenoxy) is 1. The Morgan fingerprint density at radius 1 is 1.12 bits per heavy atom. The smallest absolute Gasteiger partial charge is 0.269 e. The molecular formula is C19H23NO4. The van der Waals surface area contributed by atoms with Crippen LogP contribution in [0.25, 0.3) is 0 Å². The molecule has 0 heterocycles. The number of rotatable bonds is 7. The third kappa shape index (κ3) is 3.41. The van der Waals surface area contributed by atoms with E-state index in [1.807, 2.05) is 38.1 Å². The Hall–Kier alpha value is -2.40. The van der Waals surface area contributed by atoms with Gasteiger partial charge in [-0.2, -0.15) is 0 Å². The highest BCUT2D eigenvalue weighted by Gasteiger charge is 2.36. The maximum absolute atomic E-state index is 11.4. The number of nitro groups is 1. The lowest BCUT2D eigenvalue weighted by molar-refractivity contribution is -0.384. The molecule has 0 saturated heterocycles. The average Bonchev–Trinajstić information content (AvgIpc) is 2.62. The Kier molecular flexibility index (Phi) is 5.57. The van der Waals surface area contributed by atoms with E-state index in [1.165, 1.54) is 12.1 Å². The van der Waals surface area contributed by atoms with Crippen molar-refractivity contribution in [2.45, 2.75) is 38.2 Å². The van der Waals surface area contributed by atoms with E-state index in [4.69, 9.17) is 4.74 Å². The van der Waals surface area contributed by atoms with Gasteiger partial charge < -0.3 is 9.84 Å². The second-order valence-electron chi connectivity index (χ2n) is 5.82. The van der Waals surface area contributed by atoms with E-state index >= 15 is 0 Å². The van der Waals surface area contributed by atoms with Gasteiger partial charge in [-0.3, -0.25) is 10.1 Å². The van der Waals surface area contributed by atoms with Crippen molar-refractivity contribution < 1.29 is 14.8 Å². The average molecular weight is 329 g/mol. The SMILES string of the molecule is CC[C@@H](c1ccc([N+](=O)[O-])cc1)[C@@](O)(CC)c1ccc(OC)cc1. The minimum Gasteiger partial charge on any atom is -0.497 e. The summed E-state index contributed by atoms with van der Waals surface area (Å²) in [6, 6.07) is 13.8. The van der Waals surface area contributed by atoms with Crippen LogP contribution in [0.5, 0.6) is 5.75 Å². The lowest BCUT2D eigenvalue weighted by Crippen LogP contribution is -2.32. The van der Waals surface area contributed by atoms with E-state index in [9.17, 15) is 15.2 Å². The Morgan fingerprint density at radius 3 is 2.12 bits per heavy atom. The number of benzene rings is 2.